The molecule has 0 saturated carbocycles. The van der Waals surface area contributed by atoms with Crippen molar-refractivity contribution in [1.29, 1.82) is 0 Å². The van der Waals surface area contributed by atoms with Gasteiger partial charge in [-0.1, -0.05) is 30.3 Å². The third kappa shape index (κ3) is 4.81. The van der Waals surface area contributed by atoms with E-state index in [9.17, 15) is 4.79 Å². The molecule has 1 fully saturated rings. The van der Waals surface area contributed by atoms with Crippen LogP contribution in [0.25, 0.3) is 0 Å². The fourth-order valence-corrected chi connectivity index (χ4v) is 2.63. The van der Waals surface area contributed by atoms with Crippen LogP contribution in [0.2, 0.25) is 0 Å². The predicted molar refractivity (Wildman–Crippen MR) is 81.0 cm³/mol. The molecule has 0 radical (unpaired) electrons. The van der Waals surface area contributed by atoms with Gasteiger partial charge in [0.15, 0.2) is 0 Å². The summed E-state index contributed by atoms with van der Waals surface area (Å²) >= 11 is 0. The Morgan fingerprint density at radius 2 is 2.19 bits per heavy atom. The van der Waals surface area contributed by atoms with Gasteiger partial charge in [-0.15, -0.1) is 0 Å². The van der Waals surface area contributed by atoms with Crippen LogP contribution in [0, 0.1) is 0 Å². The number of benzene rings is 1. The molecule has 116 valence electrons. The lowest BCUT2D eigenvalue weighted by atomic mass is 10.1. The van der Waals surface area contributed by atoms with Crippen molar-refractivity contribution in [3.63, 3.8) is 0 Å². The topological polar surface area (TPSA) is 53.0 Å². The molecule has 21 heavy (non-hydrogen) atoms. The Balaban J connectivity index is 1.95. The van der Waals surface area contributed by atoms with E-state index in [1.165, 1.54) is 0 Å². The summed E-state index contributed by atoms with van der Waals surface area (Å²) in [6, 6.07) is 9.88. The zero-order valence-electron chi connectivity index (χ0n) is 12.6. The highest BCUT2D eigenvalue weighted by Crippen LogP contribution is 2.11. The lowest BCUT2D eigenvalue weighted by Gasteiger charge is -2.37. The first-order valence-electron chi connectivity index (χ1n) is 7.41. The van der Waals surface area contributed by atoms with Gasteiger partial charge in [-0.3, -0.25) is 4.79 Å². The van der Waals surface area contributed by atoms with Crippen LogP contribution in [0.15, 0.2) is 30.3 Å². The summed E-state index contributed by atoms with van der Waals surface area (Å²) in [6.45, 7) is 3.26. The van der Waals surface area contributed by atoms with Crippen molar-refractivity contribution in [3.8, 4) is 0 Å². The van der Waals surface area contributed by atoms with Gasteiger partial charge in [0.05, 0.1) is 32.3 Å². The molecule has 1 aromatic carbocycles. The van der Waals surface area contributed by atoms with E-state index in [2.05, 4.69) is 0 Å². The molecule has 1 aliphatic heterocycles. The van der Waals surface area contributed by atoms with Crippen LogP contribution in [0.3, 0.4) is 0 Å². The van der Waals surface area contributed by atoms with E-state index >= 15 is 0 Å². The molecule has 0 aliphatic carbocycles. The second kappa shape index (κ2) is 8.12. The number of nitrogens with zero attached hydrogens (tertiary/aromatic N) is 2. The molecule has 1 N–H and O–H groups in total. The first-order chi connectivity index (χ1) is 10.2. The van der Waals surface area contributed by atoms with Gasteiger partial charge in [0, 0.05) is 19.6 Å². The predicted octanol–water partition coefficient (Wildman–Crippen LogP) is 0.381. The van der Waals surface area contributed by atoms with E-state index in [1.54, 1.807) is 0 Å². The third-order valence-corrected chi connectivity index (χ3v) is 3.75. The van der Waals surface area contributed by atoms with Gasteiger partial charge in [-0.2, -0.15) is 0 Å². The van der Waals surface area contributed by atoms with Gasteiger partial charge in [0.25, 0.3) is 0 Å². The summed E-state index contributed by atoms with van der Waals surface area (Å²) in [4.78, 5) is 16.5. The highest BCUT2D eigenvalue weighted by atomic mass is 16.5. The zero-order valence-corrected chi connectivity index (χ0v) is 12.6. The van der Waals surface area contributed by atoms with E-state index in [0.717, 1.165) is 12.1 Å². The molecule has 1 heterocycles. The van der Waals surface area contributed by atoms with E-state index in [-0.39, 0.29) is 18.6 Å². The summed E-state index contributed by atoms with van der Waals surface area (Å²) in [6.07, 6.45) is 0.432. The molecule has 5 heteroatoms. The number of morpholine rings is 1. The number of rotatable bonds is 6. The van der Waals surface area contributed by atoms with Crippen molar-refractivity contribution < 1.29 is 14.6 Å². The number of hydrogen-bond acceptors (Lipinski definition) is 4. The fourth-order valence-electron chi connectivity index (χ4n) is 2.63. The maximum Gasteiger partial charge on any atom is 0.227 e. The first-order valence-corrected chi connectivity index (χ1v) is 7.41. The van der Waals surface area contributed by atoms with Crippen molar-refractivity contribution in [2.24, 2.45) is 0 Å². The molecular weight excluding hydrogens is 268 g/mol. The quantitative estimate of drug-likeness (QED) is 0.823. The van der Waals surface area contributed by atoms with Crippen LogP contribution in [0.1, 0.15) is 5.56 Å². The highest BCUT2D eigenvalue weighted by molar-refractivity contribution is 5.79. The molecule has 0 spiro atoms. The van der Waals surface area contributed by atoms with Crippen LogP contribution in [-0.4, -0.2) is 73.4 Å². The standard InChI is InChI=1S/C16H24N2O3/c1-17(7-9-19)12-15-13-21-10-8-18(15)16(20)11-14-5-3-2-4-6-14/h2-6,15,19H,7-13H2,1H3. The number of ether oxygens (including phenoxy) is 1. The summed E-state index contributed by atoms with van der Waals surface area (Å²) in [7, 11) is 1.95. The van der Waals surface area contributed by atoms with E-state index in [1.807, 2.05) is 47.2 Å². The minimum atomic E-state index is 0.0616. The van der Waals surface area contributed by atoms with E-state index in [0.29, 0.717) is 32.7 Å². The molecule has 5 nitrogen and oxygen atoms in total. The molecule has 1 unspecified atom stereocenters. The monoisotopic (exact) mass is 292 g/mol. The normalized spacial score (nSPS) is 19.0. The maximum atomic E-state index is 12.5. The van der Waals surface area contributed by atoms with Crippen LogP contribution < -0.4 is 0 Å². The second-order valence-corrected chi connectivity index (χ2v) is 5.46. The SMILES string of the molecule is CN(CCO)CC1COCCN1C(=O)Cc1ccccc1. The van der Waals surface area contributed by atoms with E-state index in [4.69, 9.17) is 9.84 Å². The van der Waals surface area contributed by atoms with Crippen molar-refractivity contribution in [1.82, 2.24) is 9.80 Å². The average Bonchev–Trinajstić information content (AvgIpc) is 2.49. The molecule has 2 rings (SSSR count). The molecule has 1 atom stereocenters. The highest BCUT2D eigenvalue weighted by Gasteiger charge is 2.27. The second-order valence-electron chi connectivity index (χ2n) is 5.46. The zero-order chi connectivity index (χ0) is 15.1. The van der Waals surface area contributed by atoms with Gasteiger partial charge in [-0.25, -0.2) is 0 Å². The molecular formula is C16H24N2O3. The minimum absolute atomic E-state index is 0.0616. The van der Waals surface area contributed by atoms with Crippen molar-refractivity contribution >= 4 is 5.91 Å². The first kappa shape index (κ1) is 15.9. The maximum absolute atomic E-state index is 12.5. The molecule has 0 aromatic heterocycles. The van der Waals surface area contributed by atoms with Crippen LogP contribution >= 0.6 is 0 Å². The average molecular weight is 292 g/mol. The fraction of sp³-hybridized carbons (Fsp3) is 0.562. The number of likely N-dealkylation sites (N-methyl/N-ethyl adjacent to an activating group) is 1. The van der Waals surface area contributed by atoms with Crippen molar-refractivity contribution in [2.45, 2.75) is 12.5 Å². The Labute approximate surface area is 126 Å². The van der Waals surface area contributed by atoms with Crippen molar-refractivity contribution in [2.75, 3.05) is 46.5 Å². The van der Waals surface area contributed by atoms with Gasteiger partial charge >= 0.3 is 0 Å². The molecule has 1 saturated heterocycles. The summed E-state index contributed by atoms with van der Waals surface area (Å²) in [5, 5.41) is 8.98. The molecule has 1 aliphatic rings. The Bertz CT molecular complexity index is 438. The van der Waals surface area contributed by atoms with Gasteiger partial charge in [-0.05, 0) is 12.6 Å². The van der Waals surface area contributed by atoms with Crippen molar-refractivity contribution in [3.05, 3.63) is 35.9 Å². The third-order valence-electron chi connectivity index (χ3n) is 3.75. The minimum Gasteiger partial charge on any atom is -0.395 e. The summed E-state index contributed by atoms with van der Waals surface area (Å²) < 4.78 is 5.51. The lowest BCUT2D eigenvalue weighted by molar-refractivity contribution is -0.139. The van der Waals surface area contributed by atoms with E-state index < -0.39 is 0 Å². The smallest absolute Gasteiger partial charge is 0.227 e. The largest absolute Gasteiger partial charge is 0.395 e. The summed E-state index contributed by atoms with van der Waals surface area (Å²) in [5.41, 5.74) is 1.04. The van der Waals surface area contributed by atoms with Crippen LogP contribution in [-0.2, 0) is 16.0 Å². The Morgan fingerprint density at radius 3 is 2.90 bits per heavy atom. The number of carbonyl (C=O) groups excluding carboxylic acids is 1. The number of hydrogen-bond donors (Lipinski definition) is 1. The number of carbonyl (C=O) groups is 1. The Hall–Kier alpha value is -1.43. The number of amides is 1. The lowest BCUT2D eigenvalue weighted by Crippen LogP contribution is -2.53. The van der Waals surface area contributed by atoms with Gasteiger partial charge in [0.1, 0.15) is 0 Å². The van der Waals surface area contributed by atoms with Crippen LogP contribution in [0.4, 0.5) is 0 Å². The molecule has 0 bridgehead atoms. The Kier molecular flexibility index (Phi) is 6.17. The molecule has 1 amide bonds. The number of aliphatic hydroxyl groups excluding tert-OH is 1. The van der Waals surface area contributed by atoms with Crippen LogP contribution in [0.5, 0.6) is 0 Å². The Morgan fingerprint density at radius 1 is 1.43 bits per heavy atom. The summed E-state index contributed by atoms with van der Waals surface area (Å²) in [5.74, 6) is 0.145. The molecule has 1 aromatic rings. The number of aliphatic hydroxyl groups is 1. The van der Waals surface area contributed by atoms with Gasteiger partial charge in [0.2, 0.25) is 5.91 Å². The van der Waals surface area contributed by atoms with Gasteiger partial charge < -0.3 is 19.6 Å².